The van der Waals surface area contributed by atoms with Crippen LogP contribution in [0.15, 0.2) is 36.4 Å². The van der Waals surface area contributed by atoms with E-state index < -0.39 is 0 Å². The lowest BCUT2D eigenvalue weighted by molar-refractivity contribution is 0.284. The van der Waals surface area contributed by atoms with E-state index in [9.17, 15) is 4.39 Å². The van der Waals surface area contributed by atoms with E-state index in [1.807, 2.05) is 12.1 Å². The quantitative estimate of drug-likeness (QED) is 0.684. The van der Waals surface area contributed by atoms with E-state index in [0.29, 0.717) is 23.1 Å². The van der Waals surface area contributed by atoms with Gasteiger partial charge in [-0.15, -0.1) is 0 Å². The summed E-state index contributed by atoms with van der Waals surface area (Å²) in [6.07, 6.45) is 1.02. The fraction of sp³-hybridized carbons (Fsp3) is 0.400. The molecule has 3 nitrogen and oxygen atoms in total. The number of ether oxygens (including phenoxy) is 2. The topological polar surface area (TPSA) is 30.5 Å². The molecular weight excluding hydrogens is 341 g/mol. The number of benzene rings is 2. The Morgan fingerprint density at radius 1 is 1.12 bits per heavy atom. The highest BCUT2D eigenvalue weighted by atomic mass is 35.5. The highest BCUT2D eigenvalue weighted by molar-refractivity contribution is 6.32. The number of halogens is 2. The van der Waals surface area contributed by atoms with Crippen molar-refractivity contribution < 1.29 is 13.9 Å². The summed E-state index contributed by atoms with van der Waals surface area (Å²) in [5, 5.41) is 3.99. The van der Waals surface area contributed by atoms with Gasteiger partial charge >= 0.3 is 0 Å². The van der Waals surface area contributed by atoms with Gasteiger partial charge in [0.1, 0.15) is 12.4 Å². The maximum atomic E-state index is 13.0. The summed E-state index contributed by atoms with van der Waals surface area (Å²) < 4.78 is 24.2. The van der Waals surface area contributed by atoms with Crippen LogP contribution in [0.5, 0.6) is 11.5 Å². The molecule has 2 aromatic rings. The molecule has 2 rings (SSSR count). The van der Waals surface area contributed by atoms with Crippen LogP contribution in [0.25, 0.3) is 0 Å². The van der Waals surface area contributed by atoms with Crippen molar-refractivity contribution in [1.82, 2.24) is 5.32 Å². The minimum Gasteiger partial charge on any atom is -0.493 e. The molecule has 0 saturated carbocycles. The third kappa shape index (κ3) is 5.62. The first-order chi connectivity index (χ1) is 11.8. The number of nitrogens with one attached hydrogen (secondary N) is 1. The number of hydrogen-bond donors (Lipinski definition) is 1. The van der Waals surface area contributed by atoms with E-state index in [4.69, 9.17) is 21.1 Å². The van der Waals surface area contributed by atoms with Gasteiger partial charge in [-0.1, -0.05) is 30.7 Å². The van der Waals surface area contributed by atoms with Gasteiger partial charge in [0.2, 0.25) is 0 Å². The molecule has 0 heterocycles. The van der Waals surface area contributed by atoms with E-state index >= 15 is 0 Å². The fourth-order valence-corrected chi connectivity index (χ4v) is 2.51. The van der Waals surface area contributed by atoms with Crippen molar-refractivity contribution in [2.75, 3.05) is 7.11 Å². The van der Waals surface area contributed by atoms with Gasteiger partial charge in [0.05, 0.1) is 12.1 Å². The maximum absolute atomic E-state index is 13.0. The molecule has 0 radical (unpaired) electrons. The summed E-state index contributed by atoms with van der Waals surface area (Å²) in [6.45, 7) is 7.44. The molecule has 0 unspecified atom stereocenters. The first kappa shape index (κ1) is 19.5. The molecule has 5 heteroatoms. The van der Waals surface area contributed by atoms with Gasteiger partial charge in [-0.05, 0) is 55.7 Å². The standard InChI is InChI=1S/C20H25ClFNO2/c1-5-20(2,3)23-12-15-10-17(21)19(18(11-15)24-4)25-13-14-6-8-16(22)9-7-14/h6-11,23H,5,12-13H2,1-4H3. The van der Waals surface area contributed by atoms with Crippen molar-refractivity contribution in [2.45, 2.75) is 45.9 Å². The van der Waals surface area contributed by atoms with Crippen molar-refractivity contribution in [3.63, 3.8) is 0 Å². The van der Waals surface area contributed by atoms with Crippen LogP contribution in [0, 0.1) is 5.82 Å². The molecule has 0 aliphatic carbocycles. The lowest BCUT2D eigenvalue weighted by Gasteiger charge is -2.25. The van der Waals surface area contributed by atoms with Crippen LogP contribution in [0.4, 0.5) is 4.39 Å². The average molecular weight is 366 g/mol. The Morgan fingerprint density at radius 2 is 1.80 bits per heavy atom. The van der Waals surface area contributed by atoms with E-state index in [1.165, 1.54) is 12.1 Å². The van der Waals surface area contributed by atoms with E-state index in [-0.39, 0.29) is 18.0 Å². The number of rotatable bonds is 8. The third-order valence-corrected chi connectivity index (χ3v) is 4.52. The molecule has 136 valence electrons. The molecule has 0 bridgehead atoms. The summed E-state index contributed by atoms with van der Waals surface area (Å²) in [4.78, 5) is 0. The minimum absolute atomic E-state index is 0.0530. The molecule has 0 spiro atoms. The molecule has 0 saturated heterocycles. The Bertz CT molecular complexity index is 702. The molecule has 1 N–H and O–H groups in total. The Morgan fingerprint density at radius 3 is 2.40 bits per heavy atom. The summed E-state index contributed by atoms with van der Waals surface area (Å²) in [7, 11) is 1.59. The molecule has 0 amide bonds. The van der Waals surface area contributed by atoms with Gasteiger partial charge in [0, 0.05) is 12.1 Å². The molecule has 25 heavy (non-hydrogen) atoms. The van der Waals surface area contributed by atoms with Gasteiger partial charge in [-0.3, -0.25) is 0 Å². The van der Waals surface area contributed by atoms with Crippen LogP contribution in [-0.4, -0.2) is 12.6 Å². The summed E-state index contributed by atoms with van der Waals surface area (Å²) in [5.41, 5.74) is 1.93. The zero-order valence-electron chi connectivity index (χ0n) is 15.2. The van der Waals surface area contributed by atoms with Gasteiger partial charge in [0.25, 0.3) is 0 Å². The highest BCUT2D eigenvalue weighted by Gasteiger charge is 2.16. The normalized spacial score (nSPS) is 11.4. The molecule has 0 aromatic heterocycles. The molecule has 0 aliphatic rings. The Hall–Kier alpha value is -1.78. The SMILES string of the molecule is CCC(C)(C)NCc1cc(Cl)c(OCc2ccc(F)cc2)c(OC)c1. The summed E-state index contributed by atoms with van der Waals surface area (Å²) in [6, 6.07) is 9.97. The van der Waals surface area contributed by atoms with E-state index in [0.717, 1.165) is 17.5 Å². The Labute approximate surface area is 154 Å². The first-order valence-corrected chi connectivity index (χ1v) is 8.71. The lowest BCUT2D eigenvalue weighted by atomic mass is 10.0. The second kappa shape index (κ2) is 8.54. The molecule has 0 atom stereocenters. The predicted molar refractivity (Wildman–Crippen MR) is 99.9 cm³/mol. The van der Waals surface area contributed by atoms with Gasteiger partial charge in [-0.25, -0.2) is 4.39 Å². The molecule has 0 aliphatic heterocycles. The van der Waals surface area contributed by atoms with Crippen LogP contribution < -0.4 is 14.8 Å². The van der Waals surface area contributed by atoms with Crippen LogP contribution in [0.2, 0.25) is 5.02 Å². The second-order valence-electron chi connectivity index (χ2n) is 6.62. The maximum Gasteiger partial charge on any atom is 0.180 e. The second-order valence-corrected chi connectivity index (χ2v) is 7.02. The Balaban J connectivity index is 2.11. The largest absolute Gasteiger partial charge is 0.493 e. The van der Waals surface area contributed by atoms with Crippen molar-refractivity contribution in [1.29, 1.82) is 0 Å². The van der Waals surface area contributed by atoms with Crippen LogP contribution in [0.3, 0.4) is 0 Å². The molecular formula is C20H25ClFNO2. The average Bonchev–Trinajstić information content (AvgIpc) is 2.60. The molecule has 0 fully saturated rings. The smallest absolute Gasteiger partial charge is 0.180 e. The molecule has 2 aromatic carbocycles. The van der Waals surface area contributed by atoms with Gasteiger partial charge < -0.3 is 14.8 Å². The number of hydrogen-bond acceptors (Lipinski definition) is 3. The highest BCUT2D eigenvalue weighted by Crippen LogP contribution is 2.37. The van der Waals surface area contributed by atoms with Crippen LogP contribution in [0.1, 0.15) is 38.3 Å². The fourth-order valence-electron chi connectivity index (χ4n) is 2.22. The lowest BCUT2D eigenvalue weighted by Crippen LogP contribution is -2.37. The van der Waals surface area contributed by atoms with Crippen molar-refractivity contribution in [3.05, 3.63) is 58.4 Å². The van der Waals surface area contributed by atoms with E-state index in [2.05, 4.69) is 26.1 Å². The van der Waals surface area contributed by atoms with Crippen LogP contribution in [-0.2, 0) is 13.2 Å². The van der Waals surface area contributed by atoms with Crippen molar-refractivity contribution in [3.8, 4) is 11.5 Å². The summed E-state index contributed by atoms with van der Waals surface area (Å²) in [5.74, 6) is 0.805. The Kier molecular flexibility index (Phi) is 6.68. The minimum atomic E-state index is -0.272. The number of methoxy groups -OCH3 is 1. The van der Waals surface area contributed by atoms with E-state index in [1.54, 1.807) is 19.2 Å². The van der Waals surface area contributed by atoms with Crippen LogP contribution >= 0.6 is 11.6 Å². The predicted octanol–water partition coefficient (Wildman–Crippen LogP) is 5.34. The van der Waals surface area contributed by atoms with Crippen molar-refractivity contribution in [2.24, 2.45) is 0 Å². The third-order valence-electron chi connectivity index (χ3n) is 4.24. The summed E-state index contributed by atoms with van der Waals surface area (Å²) >= 11 is 6.40. The monoisotopic (exact) mass is 365 g/mol. The van der Waals surface area contributed by atoms with Crippen molar-refractivity contribution >= 4 is 11.6 Å². The first-order valence-electron chi connectivity index (χ1n) is 8.33. The zero-order valence-corrected chi connectivity index (χ0v) is 15.9. The van der Waals surface area contributed by atoms with Gasteiger partial charge in [0.15, 0.2) is 11.5 Å². The zero-order chi connectivity index (χ0) is 18.4. The van der Waals surface area contributed by atoms with Gasteiger partial charge in [-0.2, -0.15) is 0 Å².